The van der Waals surface area contributed by atoms with Gasteiger partial charge in [-0.3, -0.25) is 4.79 Å². The fraction of sp³-hybridized carbons (Fsp3) is 0.276. The van der Waals surface area contributed by atoms with Crippen molar-refractivity contribution >= 4 is 16.8 Å². The van der Waals surface area contributed by atoms with E-state index in [4.69, 9.17) is 4.74 Å². The van der Waals surface area contributed by atoms with E-state index in [1.54, 1.807) is 12.1 Å². The first-order valence-corrected chi connectivity index (χ1v) is 12.2. The van der Waals surface area contributed by atoms with Crippen molar-refractivity contribution in [2.45, 2.75) is 19.8 Å². The Bertz CT molecular complexity index is 1390. The molecule has 5 nitrogen and oxygen atoms in total. The molecule has 1 amide bonds. The number of aliphatic hydroxyl groups excluding tert-OH is 1. The number of hydrogen-bond donors (Lipinski definition) is 2. The number of amides is 1. The van der Waals surface area contributed by atoms with Crippen LogP contribution in [0.4, 0.5) is 13.2 Å². The second-order valence-electron chi connectivity index (χ2n) is 9.06. The van der Waals surface area contributed by atoms with Crippen LogP contribution < -0.4 is 10.1 Å². The maximum absolute atomic E-state index is 13.8. The fourth-order valence-electron chi connectivity index (χ4n) is 4.38. The molecule has 0 aliphatic carbocycles. The zero-order chi connectivity index (χ0) is 26.5. The zero-order valence-corrected chi connectivity index (χ0v) is 20.7. The second-order valence-corrected chi connectivity index (χ2v) is 9.06. The highest BCUT2D eigenvalue weighted by molar-refractivity contribution is 5.98. The maximum atomic E-state index is 13.8. The zero-order valence-electron chi connectivity index (χ0n) is 20.7. The Morgan fingerprint density at radius 2 is 1.78 bits per heavy atom. The molecule has 37 heavy (non-hydrogen) atoms. The van der Waals surface area contributed by atoms with Crippen molar-refractivity contribution in [3.63, 3.8) is 0 Å². The average molecular weight is 511 g/mol. The first kappa shape index (κ1) is 26.3. The number of rotatable bonds is 10. The van der Waals surface area contributed by atoms with E-state index in [-0.39, 0.29) is 30.2 Å². The smallest absolute Gasteiger partial charge is 0.255 e. The molecule has 0 radical (unpaired) electrons. The summed E-state index contributed by atoms with van der Waals surface area (Å²) >= 11 is 0. The summed E-state index contributed by atoms with van der Waals surface area (Å²) in [5.74, 6) is -4.55. The van der Waals surface area contributed by atoms with Gasteiger partial charge in [0, 0.05) is 43.2 Å². The minimum atomic E-state index is -1.55. The number of carbonyl (C=O) groups excluding carboxylic acids is 1. The molecular weight excluding hydrogens is 481 g/mol. The van der Waals surface area contributed by atoms with Crippen LogP contribution >= 0.6 is 0 Å². The molecule has 1 heterocycles. The van der Waals surface area contributed by atoms with E-state index in [1.165, 1.54) is 6.07 Å². The topological polar surface area (TPSA) is 63.5 Å². The van der Waals surface area contributed by atoms with Crippen molar-refractivity contribution in [1.82, 2.24) is 9.88 Å². The van der Waals surface area contributed by atoms with Gasteiger partial charge < -0.3 is 19.7 Å². The summed E-state index contributed by atoms with van der Waals surface area (Å²) in [4.78, 5) is 13.2. The molecule has 3 aromatic carbocycles. The molecule has 1 atom stereocenters. The Balaban J connectivity index is 1.55. The summed E-state index contributed by atoms with van der Waals surface area (Å²) in [5.41, 5.74) is 2.76. The van der Waals surface area contributed by atoms with E-state index < -0.39 is 23.4 Å². The van der Waals surface area contributed by atoms with Crippen LogP contribution in [0.25, 0.3) is 22.0 Å². The molecule has 0 fully saturated rings. The summed E-state index contributed by atoms with van der Waals surface area (Å²) < 4.78 is 48.8. The molecule has 0 bridgehead atoms. The number of aromatic nitrogens is 1. The summed E-state index contributed by atoms with van der Waals surface area (Å²) in [6.07, 6.45) is 3.30. The molecular formula is C29H29F3N2O3. The maximum Gasteiger partial charge on any atom is 0.255 e. The van der Waals surface area contributed by atoms with E-state index in [9.17, 15) is 23.1 Å². The third kappa shape index (κ3) is 5.80. The lowest BCUT2D eigenvalue weighted by Gasteiger charge is -2.17. The summed E-state index contributed by atoms with van der Waals surface area (Å²) in [7, 11) is 1.96. The predicted octanol–water partition coefficient (Wildman–Crippen LogP) is 5.63. The number of fused-ring (bicyclic) bond motifs is 1. The quantitative estimate of drug-likeness (QED) is 0.272. The Morgan fingerprint density at radius 1 is 1.05 bits per heavy atom. The minimum Gasteiger partial charge on any atom is -0.493 e. The minimum absolute atomic E-state index is 0.0941. The number of carbonyl (C=O) groups is 1. The van der Waals surface area contributed by atoms with Crippen LogP contribution in [0.15, 0.2) is 60.8 Å². The molecule has 0 spiro atoms. The third-order valence-corrected chi connectivity index (χ3v) is 6.30. The number of nitrogens with zero attached hydrogens (tertiary/aromatic N) is 1. The van der Waals surface area contributed by atoms with Crippen molar-refractivity contribution in [1.29, 1.82) is 0 Å². The molecule has 0 aliphatic rings. The number of hydrogen-bond acceptors (Lipinski definition) is 3. The monoisotopic (exact) mass is 510 g/mol. The number of aryl methyl sites for hydroxylation is 1. The summed E-state index contributed by atoms with van der Waals surface area (Å²) in [5, 5.41) is 14.0. The van der Waals surface area contributed by atoms with Gasteiger partial charge in [0.2, 0.25) is 0 Å². The van der Waals surface area contributed by atoms with Crippen LogP contribution in [0.3, 0.4) is 0 Å². The van der Waals surface area contributed by atoms with E-state index in [0.717, 1.165) is 35.0 Å². The summed E-state index contributed by atoms with van der Waals surface area (Å²) in [6, 6.07) is 14.3. The molecule has 1 unspecified atom stereocenters. The van der Waals surface area contributed by atoms with Crippen molar-refractivity contribution in [2.24, 2.45) is 13.0 Å². The Morgan fingerprint density at radius 3 is 2.49 bits per heavy atom. The molecule has 0 saturated carbocycles. The van der Waals surface area contributed by atoms with E-state index >= 15 is 0 Å². The largest absolute Gasteiger partial charge is 0.493 e. The third-order valence-electron chi connectivity index (χ3n) is 6.30. The van der Waals surface area contributed by atoms with Gasteiger partial charge in [0.15, 0.2) is 17.5 Å². The van der Waals surface area contributed by atoms with Crippen LogP contribution in [-0.2, 0) is 13.5 Å². The Hall–Kier alpha value is -3.78. The number of ether oxygens (including phenoxy) is 1. The molecule has 8 heteroatoms. The van der Waals surface area contributed by atoms with Crippen molar-refractivity contribution in [3.8, 4) is 16.9 Å². The molecule has 4 rings (SSSR count). The number of halogens is 3. The van der Waals surface area contributed by atoms with Crippen LogP contribution in [0.1, 0.15) is 29.3 Å². The fourth-order valence-corrected chi connectivity index (χ4v) is 4.38. The standard InChI is InChI=1S/C29H29F3N2O3/c1-3-10-37-27-9-8-19(20-13-24(30)28(32)25(31)14-20)12-23(27)29(36)33-15-18(17-35)11-21-16-34(2)26-7-5-4-6-22(21)26/h4-9,12-14,16,18,35H,3,10-11,15,17H2,1-2H3,(H,33,36). The summed E-state index contributed by atoms with van der Waals surface area (Å²) in [6.45, 7) is 2.38. The van der Waals surface area contributed by atoms with E-state index in [2.05, 4.69) is 5.32 Å². The van der Waals surface area contributed by atoms with E-state index in [0.29, 0.717) is 24.3 Å². The van der Waals surface area contributed by atoms with Gasteiger partial charge in [-0.05, 0) is 59.9 Å². The Kier molecular flexibility index (Phi) is 8.18. The first-order chi connectivity index (χ1) is 17.8. The van der Waals surface area contributed by atoms with Crippen molar-refractivity contribution in [2.75, 3.05) is 19.8 Å². The molecule has 0 saturated heterocycles. The lowest BCUT2D eigenvalue weighted by atomic mass is 9.99. The predicted molar refractivity (Wildman–Crippen MR) is 137 cm³/mol. The van der Waals surface area contributed by atoms with Gasteiger partial charge in [0.25, 0.3) is 5.91 Å². The van der Waals surface area contributed by atoms with Crippen LogP contribution in [0, 0.1) is 23.4 Å². The van der Waals surface area contributed by atoms with Gasteiger partial charge in [0.05, 0.1) is 12.2 Å². The highest BCUT2D eigenvalue weighted by Crippen LogP contribution is 2.29. The molecule has 0 aliphatic heterocycles. The molecule has 4 aromatic rings. The van der Waals surface area contributed by atoms with Gasteiger partial charge >= 0.3 is 0 Å². The number of nitrogens with one attached hydrogen (secondary N) is 1. The number of benzene rings is 3. The SMILES string of the molecule is CCCOc1ccc(-c2cc(F)c(F)c(F)c2)cc1C(=O)NCC(CO)Cc1cn(C)c2ccccc12. The average Bonchev–Trinajstić information content (AvgIpc) is 3.22. The molecule has 2 N–H and O–H groups in total. The van der Waals surface area contributed by atoms with Crippen molar-refractivity contribution < 1.29 is 27.8 Å². The van der Waals surface area contributed by atoms with Gasteiger partial charge in [-0.2, -0.15) is 0 Å². The Labute approximate surface area is 213 Å². The van der Waals surface area contributed by atoms with Gasteiger partial charge in [0.1, 0.15) is 5.75 Å². The second kappa shape index (κ2) is 11.5. The van der Waals surface area contributed by atoms with Gasteiger partial charge in [-0.25, -0.2) is 13.2 Å². The van der Waals surface area contributed by atoms with Gasteiger partial charge in [-0.1, -0.05) is 31.2 Å². The normalized spacial score (nSPS) is 12.1. The van der Waals surface area contributed by atoms with Gasteiger partial charge in [-0.15, -0.1) is 0 Å². The van der Waals surface area contributed by atoms with E-state index in [1.807, 2.05) is 49.0 Å². The lowest BCUT2D eigenvalue weighted by molar-refractivity contribution is 0.0936. The van der Waals surface area contributed by atoms with Crippen molar-refractivity contribution in [3.05, 3.63) is 89.4 Å². The highest BCUT2D eigenvalue weighted by Gasteiger charge is 2.19. The lowest BCUT2D eigenvalue weighted by Crippen LogP contribution is -2.32. The molecule has 1 aromatic heterocycles. The number of para-hydroxylation sites is 1. The molecule has 194 valence electrons. The highest BCUT2D eigenvalue weighted by atomic mass is 19.2. The van der Waals surface area contributed by atoms with Crippen LogP contribution in [-0.4, -0.2) is 35.3 Å². The van der Waals surface area contributed by atoms with Crippen LogP contribution in [0.2, 0.25) is 0 Å². The van der Waals surface area contributed by atoms with Crippen LogP contribution in [0.5, 0.6) is 5.75 Å². The number of aliphatic hydroxyl groups is 1. The first-order valence-electron chi connectivity index (χ1n) is 12.2.